The van der Waals surface area contributed by atoms with Crippen molar-refractivity contribution >= 4 is 37.6 Å². The van der Waals surface area contributed by atoms with Crippen LogP contribution in [0.1, 0.15) is 61.2 Å². The van der Waals surface area contributed by atoms with Crippen molar-refractivity contribution in [3.8, 4) is 0 Å². The zero-order valence-electron chi connectivity index (χ0n) is 17.9. The average molecular weight is 540 g/mol. The van der Waals surface area contributed by atoms with Gasteiger partial charge in [0.15, 0.2) is 0 Å². The van der Waals surface area contributed by atoms with Crippen LogP contribution in [0, 0.1) is 27.7 Å². The zero-order valence-corrected chi connectivity index (χ0v) is 21.1. The Morgan fingerprint density at radius 3 is 2.00 bits per heavy atom. The van der Waals surface area contributed by atoms with Crippen molar-refractivity contribution in [3.63, 3.8) is 0 Å². The molecular weight excluding hydrogens is 516 g/mol. The van der Waals surface area contributed by atoms with E-state index in [2.05, 4.69) is 80.8 Å². The minimum absolute atomic E-state index is 0.00352. The van der Waals surface area contributed by atoms with Gasteiger partial charge in [0, 0.05) is 21.4 Å². The zero-order chi connectivity index (χ0) is 22.3. The summed E-state index contributed by atoms with van der Waals surface area (Å²) in [5.74, 6) is -0.0565. The fraction of sp³-hybridized carbons (Fsp3) is 0.192. The first-order chi connectivity index (χ1) is 14.7. The van der Waals surface area contributed by atoms with Crippen LogP contribution in [0.4, 0.5) is 0 Å². The third-order valence-corrected chi connectivity index (χ3v) is 7.44. The van der Waals surface area contributed by atoms with Gasteiger partial charge in [-0.2, -0.15) is 0 Å². The normalized spacial score (nSPS) is 12.2. The van der Waals surface area contributed by atoms with Crippen LogP contribution in [-0.4, -0.2) is 15.8 Å². The smallest absolute Gasteiger partial charge is 0.209 e. The van der Waals surface area contributed by atoms with Gasteiger partial charge < -0.3 is 9.97 Å². The van der Waals surface area contributed by atoms with E-state index in [0.29, 0.717) is 11.3 Å². The Kier molecular flexibility index (Phi) is 6.09. The molecule has 0 fully saturated rings. The number of rotatable bonds is 5. The standard InChI is InChI=1S/C26H24Br2N2O/c1-14-5-7-18(8-6-14)25(31)21-10-9-20(29-21)24(22-13-19(27)26(28)30-22)23-16(3)11-15(2)12-17(23)4/h5-13,24,29-30H,1-4H3. The molecule has 0 aliphatic rings. The van der Waals surface area contributed by atoms with Crippen LogP contribution in [0.3, 0.4) is 0 Å². The molecule has 1 atom stereocenters. The highest BCUT2D eigenvalue weighted by atomic mass is 79.9. The molecule has 158 valence electrons. The number of hydrogen-bond donors (Lipinski definition) is 2. The van der Waals surface area contributed by atoms with Crippen molar-refractivity contribution in [2.24, 2.45) is 0 Å². The van der Waals surface area contributed by atoms with E-state index in [0.717, 1.165) is 26.0 Å². The van der Waals surface area contributed by atoms with Crippen LogP contribution in [0.25, 0.3) is 0 Å². The van der Waals surface area contributed by atoms with E-state index >= 15 is 0 Å². The average Bonchev–Trinajstić information content (AvgIpc) is 3.31. The number of nitrogens with one attached hydrogen (secondary N) is 2. The Morgan fingerprint density at radius 1 is 0.774 bits per heavy atom. The molecule has 4 rings (SSSR count). The maximum atomic E-state index is 13.0. The summed E-state index contributed by atoms with van der Waals surface area (Å²) in [7, 11) is 0. The molecule has 0 saturated carbocycles. The lowest BCUT2D eigenvalue weighted by molar-refractivity contribution is 0.103. The molecule has 0 amide bonds. The topological polar surface area (TPSA) is 48.6 Å². The number of benzene rings is 2. The van der Waals surface area contributed by atoms with Crippen molar-refractivity contribution in [2.75, 3.05) is 0 Å². The maximum absolute atomic E-state index is 13.0. The largest absolute Gasteiger partial charge is 0.355 e. The van der Waals surface area contributed by atoms with Gasteiger partial charge in [0.05, 0.1) is 16.2 Å². The van der Waals surface area contributed by atoms with Gasteiger partial charge >= 0.3 is 0 Å². The predicted octanol–water partition coefficient (Wildman–Crippen LogP) is 7.51. The molecule has 5 heteroatoms. The van der Waals surface area contributed by atoms with E-state index in [4.69, 9.17) is 0 Å². The third-order valence-electron chi connectivity index (χ3n) is 5.66. The number of hydrogen-bond acceptors (Lipinski definition) is 1. The summed E-state index contributed by atoms with van der Waals surface area (Å²) in [6, 6.07) is 18.1. The predicted molar refractivity (Wildman–Crippen MR) is 133 cm³/mol. The summed E-state index contributed by atoms with van der Waals surface area (Å²) >= 11 is 7.18. The second kappa shape index (κ2) is 8.64. The van der Waals surface area contributed by atoms with Gasteiger partial charge in [0.25, 0.3) is 0 Å². The minimum atomic E-state index is -0.0530. The molecule has 2 N–H and O–H groups in total. The van der Waals surface area contributed by atoms with Crippen molar-refractivity contribution in [2.45, 2.75) is 33.6 Å². The van der Waals surface area contributed by atoms with E-state index in [9.17, 15) is 4.79 Å². The number of carbonyl (C=O) groups excluding carboxylic acids is 1. The highest BCUT2D eigenvalue weighted by Crippen LogP contribution is 2.38. The summed E-state index contributed by atoms with van der Waals surface area (Å²) in [5, 5.41) is 0. The summed E-state index contributed by atoms with van der Waals surface area (Å²) in [5.41, 5.74) is 9.38. The molecule has 0 radical (unpaired) electrons. The molecule has 2 heterocycles. The van der Waals surface area contributed by atoms with Crippen molar-refractivity contribution in [3.05, 3.63) is 114 Å². The highest BCUT2D eigenvalue weighted by molar-refractivity contribution is 9.13. The molecule has 0 saturated heterocycles. The summed E-state index contributed by atoms with van der Waals surface area (Å²) in [4.78, 5) is 19.9. The van der Waals surface area contributed by atoms with Crippen LogP contribution in [0.15, 0.2) is 63.7 Å². The fourth-order valence-corrected chi connectivity index (χ4v) is 4.97. The summed E-state index contributed by atoms with van der Waals surface area (Å²) < 4.78 is 1.87. The molecule has 0 bridgehead atoms. The monoisotopic (exact) mass is 538 g/mol. The molecule has 2 aromatic carbocycles. The molecule has 31 heavy (non-hydrogen) atoms. The van der Waals surface area contributed by atoms with Crippen molar-refractivity contribution in [1.29, 1.82) is 0 Å². The Morgan fingerprint density at radius 2 is 1.42 bits per heavy atom. The van der Waals surface area contributed by atoms with Gasteiger partial charge in [-0.25, -0.2) is 0 Å². The fourth-order valence-electron chi connectivity index (χ4n) is 4.28. The second-order valence-corrected chi connectivity index (χ2v) is 9.80. The lowest BCUT2D eigenvalue weighted by Crippen LogP contribution is -2.10. The quantitative estimate of drug-likeness (QED) is 0.253. The van der Waals surface area contributed by atoms with Gasteiger partial charge in [-0.05, 0) is 94.4 Å². The first kappa shape index (κ1) is 21.8. The Balaban J connectivity index is 1.82. The van der Waals surface area contributed by atoms with Crippen LogP contribution in [-0.2, 0) is 0 Å². The van der Waals surface area contributed by atoms with Crippen LogP contribution >= 0.6 is 31.9 Å². The Bertz CT molecular complexity index is 1220. The molecule has 3 nitrogen and oxygen atoms in total. The van der Waals surface area contributed by atoms with Gasteiger partial charge in [-0.15, -0.1) is 0 Å². The van der Waals surface area contributed by atoms with Gasteiger partial charge in [0.1, 0.15) is 0 Å². The first-order valence-corrected chi connectivity index (χ1v) is 11.7. The molecule has 0 aliphatic carbocycles. The van der Waals surface area contributed by atoms with E-state index in [-0.39, 0.29) is 11.7 Å². The first-order valence-electron chi connectivity index (χ1n) is 10.2. The van der Waals surface area contributed by atoms with E-state index in [1.165, 1.54) is 22.3 Å². The molecule has 0 spiro atoms. The van der Waals surface area contributed by atoms with Crippen LogP contribution in [0.5, 0.6) is 0 Å². The van der Waals surface area contributed by atoms with E-state index in [1.807, 2.05) is 43.3 Å². The van der Waals surface area contributed by atoms with Gasteiger partial charge in [0.2, 0.25) is 5.78 Å². The molecule has 4 aromatic rings. The number of aryl methyl sites for hydroxylation is 4. The lowest BCUT2D eigenvalue weighted by Gasteiger charge is -2.21. The lowest BCUT2D eigenvalue weighted by atomic mass is 9.85. The molecular formula is C26H24Br2N2O. The van der Waals surface area contributed by atoms with E-state index < -0.39 is 0 Å². The SMILES string of the molecule is Cc1ccc(C(=O)c2ccc(C(c3cc(Br)c(Br)[nH]3)c3c(C)cc(C)cc3C)[nH]2)cc1. The number of aromatic amines is 2. The maximum Gasteiger partial charge on any atom is 0.209 e. The second-order valence-electron chi connectivity index (χ2n) is 8.15. The number of H-pyrrole nitrogens is 2. The van der Waals surface area contributed by atoms with Gasteiger partial charge in [-0.1, -0.05) is 47.5 Å². The van der Waals surface area contributed by atoms with E-state index in [1.54, 1.807) is 0 Å². The third kappa shape index (κ3) is 4.35. The van der Waals surface area contributed by atoms with Gasteiger partial charge in [-0.3, -0.25) is 4.79 Å². The van der Waals surface area contributed by atoms with Crippen molar-refractivity contribution < 1.29 is 4.79 Å². The summed E-state index contributed by atoms with van der Waals surface area (Å²) in [6.45, 7) is 8.44. The van der Waals surface area contributed by atoms with Crippen LogP contribution in [0.2, 0.25) is 0 Å². The Hall–Kier alpha value is -2.37. The minimum Gasteiger partial charge on any atom is -0.355 e. The highest BCUT2D eigenvalue weighted by Gasteiger charge is 2.25. The number of aromatic nitrogens is 2. The Labute approximate surface area is 199 Å². The number of halogens is 2. The molecule has 1 unspecified atom stereocenters. The number of carbonyl (C=O) groups is 1. The van der Waals surface area contributed by atoms with Crippen molar-refractivity contribution in [1.82, 2.24) is 9.97 Å². The molecule has 2 aromatic heterocycles. The molecule has 0 aliphatic heterocycles. The summed E-state index contributed by atoms with van der Waals surface area (Å²) in [6.07, 6.45) is 0. The van der Waals surface area contributed by atoms with Crippen LogP contribution < -0.4 is 0 Å². The number of ketones is 1.